The first-order chi connectivity index (χ1) is 12.3. The maximum absolute atomic E-state index is 12.4. The maximum Gasteiger partial charge on any atom is 0.335 e. The van der Waals surface area contributed by atoms with Crippen LogP contribution in [0.3, 0.4) is 0 Å². The average Bonchev–Trinajstić information content (AvgIpc) is 3.08. The zero-order chi connectivity index (χ0) is 18.8. The Kier molecular flexibility index (Phi) is 5.44. The number of hydrogen-bond acceptors (Lipinski definition) is 7. The lowest BCUT2D eigenvalue weighted by Gasteiger charge is -2.16. The Labute approximate surface area is 153 Å². The van der Waals surface area contributed by atoms with Crippen molar-refractivity contribution in [2.24, 2.45) is 0 Å². The third-order valence-corrected chi connectivity index (χ3v) is 6.51. The number of rotatable bonds is 7. The van der Waals surface area contributed by atoms with E-state index in [0.717, 1.165) is 37.5 Å². The quantitative estimate of drug-likeness (QED) is 0.696. The monoisotopic (exact) mass is 399 g/mol. The van der Waals surface area contributed by atoms with Crippen molar-refractivity contribution >= 4 is 19.9 Å². The molecule has 1 aromatic carbocycles. The Balaban J connectivity index is 1.56. The summed E-state index contributed by atoms with van der Waals surface area (Å²) in [5.74, 6) is 0.165. The van der Waals surface area contributed by atoms with Gasteiger partial charge in [0.1, 0.15) is 0 Å². The summed E-state index contributed by atoms with van der Waals surface area (Å²) >= 11 is 0. The van der Waals surface area contributed by atoms with E-state index in [0.29, 0.717) is 6.42 Å². The van der Waals surface area contributed by atoms with Gasteiger partial charge < -0.3 is 4.42 Å². The summed E-state index contributed by atoms with van der Waals surface area (Å²) in [6.07, 6.45) is 5.83. The first kappa shape index (κ1) is 19.0. The van der Waals surface area contributed by atoms with E-state index in [9.17, 15) is 16.8 Å². The van der Waals surface area contributed by atoms with E-state index in [1.165, 1.54) is 5.56 Å². The summed E-state index contributed by atoms with van der Waals surface area (Å²) < 4.78 is 55.0. The molecule has 0 aliphatic heterocycles. The molecule has 0 fully saturated rings. The second-order valence-corrected chi connectivity index (χ2v) is 10.0. The highest BCUT2D eigenvalue weighted by Crippen LogP contribution is 2.24. The van der Waals surface area contributed by atoms with Crippen LogP contribution in [0.5, 0.6) is 0 Å². The predicted molar refractivity (Wildman–Crippen MR) is 94.0 cm³/mol. The molecule has 10 heteroatoms. The van der Waals surface area contributed by atoms with Crippen LogP contribution in [0.25, 0.3) is 0 Å². The molecule has 1 aliphatic carbocycles. The molecule has 8 nitrogen and oxygen atoms in total. The predicted octanol–water partition coefficient (Wildman–Crippen LogP) is 1.26. The molecule has 1 aromatic heterocycles. The van der Waals surface area contributed by atoms with Gasteiger partial charge in [0.15, 0.2) is 0 Å². The van der Waals surface area contributed by atoms with E-state index in [1.54, 1.807) is 12.1 Å². The number of aryl methyl sites for hydroxylation is 3. The zero-order valence-corrected chi connectivity index (χ0v) is 16.1. The van der Waals surface area contributed by atoms with E-state index < -0.39 is 25.1 Å². The molecule has 0 saturated carbocycles. The molecule has 0 radical (unpaired) electrons. The molecule has 142 valence electrons. The number of benzene rings is 1. The zero-order valence-electron chi connectivity index (χ0n) is 14.4. The number of fused-ring (bicyclic) bond motifs is 1. The third-order valence-electron chi connectivity index (χ3n) is 4.26. The Morgan fingerprint density at radius 1 is 1.08 bits per heavy atom. The van der Waals surface area contributed by atoms with Crippen molar-refractivity contribution in [1.82, 2.24) is 14.9 Å². The van der Waals surface area contributed by atoms with Gasteiger partial charge >= 0.3 is 5.22 Å². The fourth-order valence-corrected chi connectivity index (χ4v) is 4.46. The van der Waals surface area contributed by atoms with E-state index in [2.05, 4.69) is 14.9 Å². The van der Waals surface area contributed by atoms with Crippen LogP contribution in [0.4, 0.5) is 0 Å². The fraction of sp³-hybridized carbons (Fsp3) is 0.500. The van der Waals surface area contributed by atoms with Gasteiger partial charge in [-0.25, -0.2) is 21.6 Å². The van der Waals surface area contributed by atoms with Gasteiger partial charge in [0.2, 0.25) is 25.8 Å². The van der Waals surface area contributed by atoms with Gasteiger partial charge in [0, 0.05) is 19.2 Å². The van der Waals surface area contributed by atoms with E-state index in [4.69, 9.17) is 4.42 Å². The van der Waals surface area contributed by atoms with Crippen molar-refractivity contribution in [3.63, 3.8) is 0 Å². The lowest BCUT2D eigenvalue weighted by molar-refractivity contribution is 0.394. The van der Waals surface area contributed by atoms with Gasteiger partial charge in [0.05, 0.1) is 4.90 Å². The molecule has 0 unspecified atom stereocenters. The SMILES string of the molecule is CS(=O)(=O)c1nnc(CCCNS(=O)(=O)c2ccc3c(c2)CCCC3)o1. The van der Waals surface area contributed by atoms with Crippen molar-refractivity contribution in [2.45, 2.75) is 48.6 Å². The lowest BCUT2D eigenvalue weighted by atomic mass is 9.92. The molecule has 0 atom stereocenters. The highest BCUT2D eigenvalue weighted by Gasteiger charge is 2.18. The second kappa shape index (κ2) is 7.45. The molecule has 26 heavy (non-hydrogen) atoms. The van der Waals surface area contributed by atoms with Crippen LogP contribution >= 0.6 is 0 Å². The van der Waals surface area contributed by atoms with Crippen LogP contribution in [-0.2, 0) is 39.1 Å². The molecule has 2 aromatic rings. The largest absolute Gasteiger partial charge is 0.413 e. The molecule has 1 heterocycles. The van der Waals surface area contributed by atoms with Crippen molar-refractivity contribution < 1.29 is 21.3 Å². The number of hydrogen-bond donors (Lipinski definition) is 1. The number of sulfonamides is 1. The maximum atomic E-state index is 12.4. The number of aromatic nitrogens is 2. The summed E-state index contributed by atoms with van der Waals surface area (Å²) in [4.78, 5) is 0.273. The summed E-state index contributed by atoms with van der Waals surface area (Å²) in [5, 5.41) is 6.68. The van der Waals surface area contributed by atoms with Crippen molar-refractivity contribution in [1.29, 1.82) is 0 Å². The molecule has 0 bridgehead atoms. The lowest BCUT2D eigenvalue weighted by Crippen LogP contribution is -2.25. The minimum atomic E-state index is -3.58. The topological polar surface area (TPSA) is 119 Å². The Bertz CT molecular complexity index is 997. The van der Waals surface area contributed by atoms with Crippen molar-refractivity contribution in [3.05, 3.63) is 35.2 Å². The van der Waals surface area contributed by atoms with E-state index in [1.807, 2.05) is 6.07 Å². The summed E-state index contributed by atoms with van der Waals surface area (Å²) in [5.41, 5.74) is 2.34. The first-order valence-corrected chi connectivity index (χ1v) is 11.8. The molecular formula is C16H21N3O5S2. The molecule has 3 rings (SSSR count). The molecule has 0 spiro atoms. The van der Waals surface area contributed by atoms with Crippen LogP contribution in [0.1, 0.15) is 36.3 Å². The number of nitrogens with zero attached hydrogens (tertiary/aromatic N) is 2. The molecule has 0 saturated heterocycles. The van der Waals surface area contributed by atoms with E-state index in [-0.39, 0.29) is 23.8 Å². The molecule has 1 N–H and O–H groups in total. The van der Waals surface area contributed by atoms with Crippen LogP contribution in [0, 0.1) is 0 Å². The highest BCUT2D eigenvalue weighted by molar-refractivity contribution is 7.90. The van der Waals surface area contributed by atoms with Crippen molar-refractivity contribution in [3.8, 4) is 0 Å². The fourth-order valence-electron chi connectivity index (χ4n) is 2.90. The Morgan fingerprint density at radius 2 is 1.81 bits per heavy atom. The van der Waals surface area contributed by atoms with Gasteiger partial charge in [-0.05, 0) is 55.4 Å². The van der Waals surface area contributed by atoms with Gasteiger partial charge in [-0.15, -0.1) is 5.10 Å². The van der Waals surface area contributed by atoms with Gasteiger partial charge in [0.25, 0.3) is 0 Å². The average molecular weight is 399 g/mol. The summed E-state index contributed by atoms with van der Waals surface area (Å²) in [6.45, 7) is 0.190. The minimum absolute atomic E-state index is 0.165. The number of nitrogens with one attached hydrogen (secondary N) is 1. The standard InChI is InChI=1S/C16H21N3O5S2/c1-25(20,21)16-19-18-15(24-16)7-4-10-17-26(22,23)14-9-8-12-5-2-3-6-13(12)11-14/h8-9,11,17H,2-7,10H2,1H3. The third kappa shape index (κ3) is 4.49. The van der Waals surface area contributed by atoms with Crippen LogP contribution in [0.2, 0.25) is 0 Å². The second-order valence-electron chi connectivity index (χ2n) is 6.37. The first-order valence-electron chi connectivity index (χ1n) is 8.39. The van der Waals surface area contributed by atoms with Gasteiger partial charge in [-0.2, -0.15) is 0 Å². The summed E-state index contributed by atoms with van der Waals surface area (Å²) in [6, 6.07) is 5.30. The highest BCUT2D eigenvalue weighted by atomic mass is 32.2. The van der Waals surface area contributed by atoms with Crippen LogP contribution in [-0.4, -0.2) is 39.8 Å². The van der Waals surface area contributed by atoms with Crippen molar-refractivity contribution in [2.75, 3.05) is 12.8 Å². The molecule has 1 aliphatic rings. The summed E-state index contributed by atoms with van der Waals surface area (Å²) in [7, 11) is -7.11. The smallest absolute Gasteiger partial charge is 0.335 e. The van der Waals surface area contributed by atoms with Gasteiger partial charge in [-0.1, -0.05) is 11.2 Å². The van der Waals surface area contributed by atoms with Gasteiger partial charge in [-0.3, -0.25) is 0 Å². The van der Waals surface area contributed by atoms with E-state index >= 15 is 0 Å². The normalized spacial score (nSPS) is 15.0. The minimum Gasteiger partial charge on any atom is -0.413 e. The Hall–Kier alpha value is -1.78. The number of sulfone groups is 1. The van der Waals surface area contributed by atoms with Crippen LogP contribution in [0.15, 0.2) is 32.7 Å². The molecule has 0 amide bonds. The molecular weight excluding hydrogens is 378 g/mol. The Morgan fingerprint density at radius 3 is 2.50 bits per heavy atom. The van der Waals surface area contributed by atoms with Crippen LogP contribution < -0.4 is 4.72 Å².